The third kappa shape index (κ3) is 9.50. The Kier molecular flexibility index (Phi) is 11.4. The van der Waals surface area contributed by atoms with E-state index in [1.165, 1.54) is 9.13 Å². The van der Waals surface area contributed by atoms with Gasteiger partial charge in [-0.1, -0.05) is 74.6 Å². The molecule has 0 radical (unpaired) electrons. The molecule has 2 aromatic heterocycles. The van der Waals surface area contributed by atoms with Gasteiger partial charge >= 0.3 is 12.4 Å². The molecule has 0 aliphatic carbocycles. The SMILES string of the molecule is N=c1c(Cl)cc(C(F)(F)F)cn1CCCCCCCCCCCCn1cc(C(F)(F)F)cc(Cl)c1=N. The largest absolute Gasteiger partial charge is 0.417 e. The maximum absolute atomic E-state index is 12.9. The first-order valence-electron chi connectivity index (χ1n) is 11.8. The van der Waals surface area contributed by atoms with Crippen LogP contribution in [0.25, 0.3) is 0 Å². The van der Waals surface area contributed by atoms with E-state index in [4.69, 9.17) is 34.0 Å². The highest BCUT2D eigenvalue weighted by Crippen LogP contribution is 2.30. The predicted molar refractivity (Wildman–Crippen MR) is 127 cm³/mol. The second kappa shape index (κ2) is 13.6. The van der Waals surface area contributed by atoms with Crippen molar-refractivity contribution in [3.05, 3.63) is 56.7 Å². The lowest BCUT2D eigenvalue weighted by molar-refractivity contribution is -0.138. The Balaban J connectivity index is 1.58. The molecule has 0 spiro atoms. The van der Waals surface area contributed by atoms with Gasteiger partial charge in [0.05, 0.1) is 21.2 Å². The van der Waals surface area contributed by atoms with Crippen LogP contribution < -0.4 is 11.0 Å². The number of aryl methyl sites for hydroxylation is 2. The molecule has 0 saturated carbocycles. The Labute approximate surface area is 215 Å². The Bertz CT molecular complexity index is 1020. The molecule has 0 bridgehead atoms. The molecule has 2 rings (SSSR count). The molecule has 0 aromatic carbocycles. The van der Waals surface area contributed by atoms with Crippen molar-refractivity contribution >= 4 is 23.2 Å². The first-order valence-corrected chi connectivity index (χ1v) is 12.6. The van der Waals surface area contributed by atoms with E-state index in [0.717, 1.165) is 75.9 Å². The number of hydrogen-bond acceptors (Lipinski definition) is 2. The topological polar surface area (TPSA) is 57.6 Å². The van der Waals surface area contributed by atoms with E-state index in [0.29, 0.717) is 25.9 Å². The van der Waals surface area contributed by atoms with Gasteiger partial charge in [0, 0.05) is 25.5 Å². The summed E-state index contributed by atoms with van der Waals surface area (Å²) in [5.74, 6) is 0. The van der Waals surface area contributed by atoms with Gasteiger partial charge in [-0.3, -0.25) is 10.8 Å². The zero-order valence-electron chi connectivity index (χ0n) is 19.7. The average molecular weight is 559 g/mol. The Hall–Kier alpha value is -1.94. The molecular weight excluding hydrogens is 529 g/mol. The monoisotopic (exact) mass is 558 g/mol. The minimum atomic E-state index is -4.51. The second-order valence-electron chi connectivity index (χ2n) is 8.77. The zero-order valence-corrected chi connectivity index (χ0v) is 21.2. The van der Waals surface area contributed by atoms with Crippen molar-refractivity contribution in [1.29, 1.82) is 10.8 Å². The van der Waals surface area contributed by atoms with E-state index < -0.39 is 23.5 Å². The lowest BCUT2D eigenvalue weighted by atomic mass is 10.1. The fraction of sp³-hybridized carbons (Fsp3) is 0.583. The summed E-state index contributed by atoms with van der Waals surface area (Å²) in [7, 11) is 0. The summed E-state index contributed by atoms with van der Waals surface area (Å²) in [5, 5.41) is 15.2. The zero-order chi connectivity index (χ0) is 26.9. The number of nitrogens with one attached hydrogen (secondary N) is 2. The molecule has 0 saturated heterocycles. The van der Waals surface area contributed by atoms with Crippen LogP contribution in [0.1, 0.15) is 75.3 Å². The highest BCUT2D eigenvalue weighted by Gasteiger charge is 2.32. The van der Waals surface area contributed by atoms with Crippen molar-refractivity contribution in [2.75, 3.05) is 0 Å². The van der Waals surface area contributed by atoms with Gasteiger partial charge in [0.1, 0.15) is 11.0 Å². The van der Waals surface area contributed by atoms with Crippen LogP contribution in [0.15, 0.2) is 24.5 Å². The molecule has 12 heteroatoms. The predicted octanol–water partition coefficient (Wildman–Crippen LogP) is 8.19. The number of hydrogen-bond donors (Lipinski definition) is 2. The van der Waals surface area contributed by atoms with Crippen LogP contribution in [0.2, 0.25) is 10.0 Å². The first kappa shape index (κ1) is 30.3. The van der Waals surface area contributed by atoms with E-state index in [2.05, 4.69) is 0 Å². The molecule has 0 aliphatic rings. The molecule has 4 nitrogen and oxygen atoms in total. The summed E-state index contributed by atoms with van der Waals surface area (Å²) >= 11 is 11.5. The standard InChI is InChI=1S/C24H30Cl2F6N4/c25-19-13-17(23(27,28)29)15-35(21(19)33)11-9-7-5-3-1-2-4-6-8-10-12-36-16-18(24(30,31)32)14-20(26)22(36)34/h13-16,33-34H,1-12H2. The van der Waals surface area contributed by atoms with Gasteiger partial charge in [-0.2, -0.15) is 26.3 Å². The van der Waals surface area contributed by atoms with Gasteiger partial charge in [-0.05, 0) is 25.0 Å². The first-order chi connectivity index (χ1) is 16.8. The van der Waals surface area contributed by atoms with E-state index in [1.54, 1.807) is 0 Å². The van der Waals surface area contributed by atoms with E-state index in [-0.39, 0.29) is 21.0 Å². The molecule has 2 aromatic rings. The van der Waals surface area contributed by atoms with Crippen molar-refractivity contribution in [3.8, 4) is 0 Å². The lowest BCUT2D eigenvalue weighted by Gasteiger charge is -2.13. The lowest BCUT2D eigenvalue weighted by Crippen LogP contribution is -2.23. The van der Waals surface area contributed by atoms with Crippen LogP contribution in [0.3, 0.4) is 0 Å². The van der Waals surface area contributed by atoms with Crippen molar-refractivity contribution in [1.82, 2.24) is 9.13 Å². The number of rotatable bonds is 13. The van der Waals surface area contributed by atoms with Crippen molar-refractivity contribution in [3.63, 3.8) is 0 Å². The molecule has 0 unspecified atom stereocenters. The van der Waals surface area contributed by atoms with Crippen molar-refractivity contribution in [2.24, 2.45) is 0 Å². The molecule has 0 aliphatic heterocycles. The average Bonchev–Trinajstić information content (AvgIpc) is 2.78. The smallest absolute Gasteiger partial charge is 0.332 e. The summed E-state index contributed by atoms with van der Waals surface area (Å²) in [6.45, 7) is 0.606. The van der Waals surface area contributed by atoms with Gasteiger partial charge in [0.2, 0.25) is 0 Å². The van der Waals surface area contributed by atoms with Crippen LogP contribution in [0.5, 0.6) is 0 Å². The molecular formula is C24H30Cl2F6N4. The number of halogens is 8. The maximum atomic E-state index is 12.9. The van der Waals surface area contributed by atoms with E-state index >= 15 is 0 Å². The van der Waals surface area contributed by atoms with Gasteiger partial charge in [0.15, 0.2) is 0 Å². The number of unbranched alkanes of at least 4 members (excludes halogenated alkanes) is 9. The number of alkyl halides is 6. The molecule has 2 N–H and O–H groups in total. The molecule has 2 heterocycles. The Morgan fingerprint density at radius 1 is 0.556 bits per heavy atom. The third-order valence-corrected chi connectivity index (χ3v) is 6.46. The van der Waals surface area contributed by atoms with Gasteiger partial charge < -0.3 is 9.13 Å². The third-order valence-electron chi connectivity index (χ3n) is 5.88. The highest BCUT2D eigenvalue weighted by atomic mass is 35.5. The summed E-state index contributed by atoms with van der Waals surface area (Å²) in [4.78, 5) is 0. The van der Waals surface area contributed by atoms with Crippen LogP contribution in [-0.4, -0.2) is 9.13 Å². The summed E-state index contributed by atoms with van der Waals surface area (Å²) < 4.78 is 80.0. The van der Waals surface area contributed by atoms with Crippen LogP contribution in [-0.2, 0) is 25.4 Å². The van der Waals surface area contributed by atoms with Crippen molar-refractivity contribution < 1.29 is 26.3 Å². The van der Waals surface area contributed by atoms with Crippen molar-refractivity contribution in [2.45, 2.75) is 89.7 Å². The van der Waals surface area contributed by atoms with Crippen LogP contribution in [0.4, 0.5) is 26.3 Å². The van der Waals surface area contributed by atoms with Crippen LogP contribution in [0, 0.1) is 10.8 Å². The minimum absolute atomic E-state index is 0.127. The fourth-order valence-electron chi connectivity index (χ4n) is 3.86. The normalized spacial score (nSPS) is 12.3. The number of nitrogens with zero attached hydrogens (tertiary/aromatic N) is 2. The minimum Gasteiger partial charge on any atom is -0.332 e. The van der Waals surface area contributed by atoms with Gasteiger partial charge in [-0.25, -0.2) is 0 Å². The number of pyridine rings is 2. The van der Waals surface area contributed by atoms with Crippen LogP contribution >= 0.6 is 23.2 Å². The van der Waals surface area contributed by atoms with E-state index in [9.17, 15) is 26.3 Å². The summed E-state index contributed by atoms with van der Waals surface area (Å²) in [5.41, 5.74) is -1.97. The summed E-state index contributed by atoms with van der Waals surface area (Å²) in [6, 6.07) is 1.54. The van der Waals surface area contributed by atoms with E-state index in [1.807, 2.05) is 0 Å². The fourth-order valence-corrected chi connectivity index (χ4v) is 4.32. The molecule has 0 amide bonds. The van der Waals surface area contributed by atoms with Gasteiger partial charge in [-0.15, -0.1) is 0 Å². The molecule has 0 atom stereocenters. The Morgan fingerprint density at radius 3 is 1.11 bits per heavy atom. The molecule has 202 valence electrons. The highest BCUT2D eigenvalue weighted by molar-refractivity contribution is 6.30. The molecule has 36 heavy (non-hydrogen) atoms. The Morgan fingerprint density at radius 2 is 0.833 bits per heavy atom. The van der Waals surface area contributed by atoms with Gasteiger partial charge in [0.25, 0.3) is 0 Å². The maximum Gasteiger partial charge on any atom is 0.417 e. The quantitative estimate of drug-likeness (QED) is 0.184. The summed E-state index contributed by atoms with van der Waals surface area (Å²) in [6.07, 6.45) is 1.79. The number of aromatic nitrogens is 2. The molecule has 0 fully saturated rings. The second-order valence-corrected chi connectivity index (χ2v) is 9.58.